The molecule has 0 atom stereocenters. The number of ether oxygens (including phenoxy) is 1. The van der Waals surface area contributed by atoms with Crippen LogP contribution in [-0.2, 0) is 11.2 Å². The predicted octanol–water partition coefficient (Wildman–Crippen LogP) is 3.47. The number of aromatic nitrogens is 4. The minimum absolute atomic E-state index is 0.214. The summed E-state index contributed by atoms with van der Waals surface area (Å²) < 4.78 is 5.04. The number of benzene rings is 1. The van der Waals surface area contributed by atoms with Gasteiger partial charge in [-0.25, -0.2) is 15.0 Å². The molecule has 0 saturated carbocycles. The zero-order valence-corrected chi connectivity index (χ0v) is 20.5. The molecular formula is C27H28N6O4. The molecule has 0 spiro atoms. The van der Waals surface area contributed by atoms with E-state index >= 15 is 0 Å². The number of H-pyrrole nitrogens is 1. The minimum atomic E-state index is -0.685. The predicted molar refractivity (Wildman–Crippen MR) is 140 cm³/mol. The molecular weight excluding hydrogens is 472 g/mol. The van der Waals surface area contributed by atoms with E-state index in [0.717, 1.165) is 37.1 Å². The van der Waals surface area contributed by atoms with Gasteiger partial charge in [0, 0.05) is 36.4 Å². The van der Waals surface area contributed by atoms with Crippen LogP contribution in [0.1, 0.15) is 18.4 Å². The fraction of sp³-hybridized carbons (Fsp3) is 0.296. The highest BCUT2D eigenvalue weighted by molar-refractivity contribution is 5.95. The lowest BCUT2D eigenvalue weighted by Crippen LogP contribution is -2.37. The number of carbonyl (C=O) groups is 1. The zero-order chi connectivity index (χ0) is 25.8. The summed E-state index contributed by atoms with van der Waals surface area (Å²) in [6, 6.07) is 12.0. The van der Waals surface area contributed by atoms with Crippen LogP contribution in [0.4, 0.5) is 11.5 Å². The van der Waals surface area contributed by atoms with Crippen molar-refractivity contribution < 1.29 is 14.6 Å². The standard InChI is InChI=1S/C27H28N6O4/c1-37-27-29-15-20(16-30-27)22-14-19-6-10-28-25(34)23(19)24(32-22)31-21-4-2-17(3-5-21)7-11-33-12-8-18(9-13-33)26(35)36/h2-6,10,14-16,18H,7-9,11-13H2,1H3,(H,28,34)(H,31,32)(H,35,36). The Kier molecular flexibility index (Phi) is 7.09. The summed E-state index contributed by atoms with van der Waals surface area (Å²) in [5.41, 5.74) is 3.10. The SMILES string of the molecule is COc1ncc(-c2cc3cc[nH]c(=O)c3c(Nc3ccc(CCN4CCC(C(=O)O)CC4)cc3)n2)cn1. The number of hydrogen-bond donors (Lipinski definition) is 3. The van der Waals surface area contributed by atoms with Crippen LogP contribution in [0.3, 0.4) is 0 Å². The minimum Gasteiger partial charge on any atom is -0.481 e. The number of methoxy groups -OCH3 is 1. The Morgan fingerprint density at radius 2 is 1.89 bits per heavy atom. The van der Waals surface area contributed by atoms with Gasteiger partial charge in [-0.1, -0.05) is 12.1 Å². The van der Waals surface area contributed by atoms with Crippen LogP contribution in [0.25, 0.3) is 22.0 Å². The van der Waals surface area contributed by atoms with Gasteiger partial charge < -0.3 is 25.0 Å². The summed E-state index contributed by atoms with van der Waals surface area (Å²) in [4.78, 5) is 41.9. The van der Waals surface area contributed by atoms with Crippen molar-refractivity contribution in [3.05, 3.63) is 70.9 Å². The van der Waals surface area contributed by atoms with Gasteiger partial charge in [-0.2, -0.15) is 0 Å². The van der Waals surface area contributed by atoms with E-state index in [-0.39, 0.29) is 17.5 Å². The Morgan fingerprint density at radius 1 is 1.16 bits per heavy atom. The lowest BCUT2D eigenvalue weighted by atomic mass is 9.97. The van der Waals surface area contributed by atoms with Crippen LogP contribution >= 0.6 is 0 Å². The average Bonchev–Trinajstić information content (AvgIpc) is 2.93. The van der Waals surface area contributed by atoms with Crippen molar-refractivity contribution in [1.29, 1.82) is 0 Å². The molecule has 0 aliphatic carbocycles. The first kappa shape index (κ1) is 24.4. The van der Waals surface area contributed by atoms with Crippen molar-refractivity contribution in [1.82, 2.24) is 24.8 Å². The first-order valence-corrected chi connectivity index (χ1v) is 12.2. The summed E-state index contributed by atoms with van der Waals surface area (Å²) in [5.74, 6) is -0.455. The Balaban J connectivity index is 1.32. The normalized spacial score (nSPS) is 14.5. The van der Waals surface area contributed by atoms with Crippen LogP contribution in [0.2, 0.25) is 0 Å². The molecule has 4 heterocycles. The second-order valence-corrected chi connectivity index (χ2v) is 9.11. The molecule has 4 aromatic rings. The van der Waals surface area contributed by atoms with Gasteiger partial charge in [0.25, 0.3) is 5.56 Å². The number of carboxylic acid groups (broad SMARTS) is 1. The highest BCUT2D eigenvalue weighted by atomic mass is 16.5. The largest absolute Gasteiger partial charge is 0.481 e. The molecule has 0 bridgehead atoms. The first-order chi connectivity index (χ1) is 18.0. The van der Waals surface area contributed by atoms with E-state index in [9.17, 15) is 14.7 Å². The third-order valence-electron chi connectivity index (χ3n) is 6.73. The average molecular weight is 501 g/mol. The van der Waals surface area contributed by atoms with E-state index in [0.29, 0.717) is 35.3 Å². The Morgan fingerprint density at radius 3 is 2.57 bits per heavy atom. The molecule has 1 saturated heterocycles. The number of hydrogen-bond acceptors (Lipinski definition) is 8. The van der Waals surface area contributed by atoms with Crippen molar-refractivity contribution in [2.75, 3.05) is 32.1 Å². The second kappa shape index (κ2) is 10.8. The number of anilines is 2. The van der Waals surface area contributed by atoms with E-state index in [1.54, 1.807) is 18.6 Å². The Bertz CT molecular complexity index is 1440. The molecule has 3 N–H and O–H groups in total. The van der Waals surface area contributed by atoms with Gasteiger partial charge in [-0.05, 0) is 67.6 Å². The number of piperidine rings is 1. The maximum Gasteiger partial charge on any atom is 0.316 e. The van der Waals surface area contributed by atoms with Crippen molar-refractivity contribution >= 4 is 28.2 Å². The molecule has 3 aromatic heterocycles. The lowest BCUT2D eigenvalue weighted by molar-refractivity contribution is -0.143. The number of likely N-dealkylation sites (tertiary alicyclic amines) is 1. The van der Waals surface area contributed by atoms with Crippen LogP contribution in [0, 0.1) is 5.92 Å². The van der Waals surface area contributed by atoms with Crippen LogP contribution in [-0.4, -0.2) is 62.7 Å². The number of aliphatic carboxylic acids is 1. The van der Waals surface area contributed by atoms with E-state index in [1.807, 2.05) is 24.3 Å². The molecule has 1 fully saturated rings. The number of rotatable bonds is 8. The van der Waals surface area contributed by atoms with E-state index in [2.05, 4.69) is 37.3 Å². The molecule has 1 aliphatic rings. The molecule has 0 unspecified atom stereocenters. The number of pyridine rings is 2. The quantitative estimate of drug-likeness (QED) is 0.332. The molecule has 1 aromatic carbocycles. The van der Waals surface area contributed by atoms with Gasteiger partial charge in [0.15, 0.2) is 0 Å². The molecule has 10 heteroatoms. The van der Waals surface area contributed by atoms with Gasteiger partial charge in [-0.3, -0.25) is 9.59 Å². The van der Waals surface area contributed by atoms with Gasteiger partial charge in [0.2, 0.25) is 0 Å². The topological polar surface area (TPSA) is 133 Å². The molecule has 5 rings (SSSR count). The molecule has 10 nitrogen and oxygen atoms in total. The maximum atomic E-state index is 12.7. The summed E-state index contributed by atoms with van der Waals surface area (Å²) in [7, 11) is 1.51. The first-order valence-electron chi connectivity index (χ1n) is 12.2. The lowest BCUT2D eigenvalue weighted by Gasteiger charge is -2.29. The van der Waals surface area contributed by atoms with Crippen LogP contribution in [0.5, 0.6) is 6.01 Å². The summed E-state index contributed by atoms with van der Waals surface area (Å²) in [5, 5.41) is 13.7. The summed E-state index contributed by atoms with van der Waals surface area (Å²) >= 11 is 0. The second-order valence-electron chi connectivity index (χ2n) is 9.11. The smallest absolute Gasteiger partial charge is 0.316 e. The summed E-state index contributed by atoms with van der Waals surface area (Å²) in [6.45, 7) is 2.53. The van der Waals surface area contributed by atoms with E-state index < -0.39 is 5.97 Å². The van der Waals surface area contributed by atoms with E-state index in [4.69, 9.17) is 9.72 Å². The highest BCUT2D eigenvalue weighted by Crippen LogP contribution is 2.28. The van der Waals surface area contributed by atoms with Crippen LogP contribution < -0.4 is 15.6 Å². The van der Waals surface area contributed by atoms with Crippen molar-refractivity contribution in [3.8, 4) is 17.3 Å². The van der Waals surface area contributed by atoms with Crippen molar-refractivity contribution in [2.45, 2.75) is 19.3 Å². The number of fused-ring (bicyclic) bond motifs is 1. The summed E-state index contributed by atoms with van der Waals surface area (Å²) in [6.07, 6.45) is 7.18. The third kappa shape index (κ3) is 5.59. The Labute approximate surface area is 213 Å². The molecule has 1 aliphatic heterocycles. The molecule has 0 amide bonds. The highest BCUT2D eigenvalue weighted by Gasteiger charge is 2.24. The number of nitrogens with one attached hydrogen (secondary N) is 2. The number of carboxylic acids is 1. The Hall–Kier alpha value is -4.31. The monoisotopic (exact) mass is 500 g/mol. The van der Waals surface area contributed by atoms with E-state index in [1.165, 1.54) is 12.7 Å². The molecule has 37 heavy (non-hydrogen) atoms. The van der Waals surface area contributed by atoms with Crippen LogP contribution in [0.15, 0.2) is 59.8 Å². The van der Waals surface area contributed by atoms with Gasteiger partial charge in [0.1, 0.15) is 5.82 Å². The fourth-order valence-electron chi connectivity index (χ4n) is 4.59. The van der Waals surface area contributed by atoms with Gasteiger partial charge in [0.05, 0.1) is 24.1 Å². The molecule has 190 valence electrons. The fourth-order valence-corrected chi connectivity index (χ4v) is 4.59. The number of nitrogens with zero attached hydrogens (tertiary/aromatic N) is 4. The zero-order valence-electron chi connectivity index (χ0n) is 20.5. The molecule has 0 radical (unpaired) electrons. The van der Waals surface area contributed by atoms with Gasteiger partial charge in [-0.15, -0.1) is 0 Å². The van der Waals surface area contributed by atoms with Crippen molar-refractivity contribution in [2.24, 2.45) is 5.92 Å². The maximum absolute atomic E-state index is 12.7. The number of aromatic amines is 1. The van der Waals surface area contributed by atoms with Crippen molar-refractivity contribution in [3.63, 3.8) is 0 Å². The third-order valence-corrected chi connectivity index (χ3v) is 6.73. The van der Waals surface area contributed by atoms with Gasteiger partial charge >= 0.3 is 12.0 Å².